The van der Waals surface area contributed by atoms with Gasteiger partial charge in [0.15, 0.2) is 0 Å². The molecule has 3 heteroatoms. The van der Waals surface area contributed by atoms with E-state index < -0.39 is 5.97 Å². The molecule has 0 saturated carbocycles. The van der Waals surface area contributed by atoms with E-state index in [4.69, 9.17) is 9.78 Å². The third-order valence-electron chi connectivity index (χ3n) is 2.82. The van der Waals surface area contributed by atoms with Gasteiger partial charge in [-0.05, 0) is 23.6 Å². The van der Waals surface area contributed by atoms with E-state index in [0.29, 0.717) is 5.56 Å². The highest BCUT2D eigenvalue weighted by molar-refractivity contribution is 5.90. The van der Waals surface area contributed by atoms with Crippen LogP contribution in [0.4, 0.5) is 0 Å². The van der Waals surface area contributed by atoms with Gasteiger partial charge in [-0.25, -0.2) is 4.79 Å². The summed E-state index contributed by atoms with van der Waals surface area (Å²) >= 11 is 0. The molecule has 0 aliphatic rings. The van der Waals surface area contributed by atoms with E-state index in [1.54, 1.807) is 6.07 Å². The van der Waals surface area contributed by atoms with Gasteiger partial charge in [0.25, 0.3) is 0 Å². The number of benzene rings is 2. The first-order chi connectivity index (χ1) is 9.31. The average Bonchev–Trinajstić information content (AvgIpc) is 2.48. The van der Waals surface area contributed by atoms with Crippen LogP contribution in [0.3, 0.4) is 0 Å². The number of aryl methyl sites for hydroxylation is 1. The largest absolute Gasteiger partial charge is 0.373 e. The summed E-state index contributed by atoms with van der Waals surface area (Å²) in [6, 6.07) is 16.9. The van der Waals surface area contributed by atoms with Gasteiger partial charge in [0, 0.05) is 0 Å². The quantitative estimate of drug-likeness (QED) is 0.606. The first-order valence-electron chi connectivity index (χ1n) is 6.27. The Hall–Kier alpha value is -2.13. The molecule has 2 rings (SSSR count). The van der Waals surface area contributed by atoms with E-state index >= 15 is 0 Å². The van der Waals surface area contributed by atoms with Crippen molar-refractivity contribution in [2.45, 2.75) is 20.0 Å². The van der Waals surface area contributed by atoms with Gasteiger partial charge in [0.2, 0.25) is 0 Å². The highest BCUT2D eigenvalue weighted by Gasteiger charge is 2.12. The molecule has 0 fully saturated rings. The second-order valence-electron chi connectivity index (χ2n) is 4.13. The van der Waals surface area contributed by atoms with Gasteiger partial charge in [0.1, 0.15) is 6.61 Å². The van der Waals surface area contributed by atoms with E-state index in [1.807, 2.05) is 55.5 Å². The fraction of sp³-hybridized carbons (Fsp3) is 0.188. The molecule has 0 spiro atoms. The van der Waals surface area contributed by atoms with Gasteiger partial charge in [0.05, 0.1) is 5.56 Å². The fourth-order valence-corrected chi connectivity index (χ4v) is 1.80. The van der Waals surface area contributed by atoms with Crippen molar-refractivity contribution in [2.75, 3.05) is 0 Å². The summed E-state index contributed by atoms with van der Waals surface area (Å²) in [6.45, 7) is 2.25. The lowest BCUT2D eigenvalue weighted by atomic mass is 10.1. The topological polar surface area (TPSA) is 35.5 Å². The van der Waals surface area contributed by atoms with Crippen molar-refractivity contribution in [2.24, 2.45) is 0 Å². The molecular weight excluding hydrogens is 240 g/mol. The van der Waals surface area contributed by atoms with Crippen molar-refractivity contribution in [3.8, 4) is 0 Å². The zero-order chi connectivity index (χ0) is 13.5. The van der Waals surface area contributed by atoms with Crippen molar-refractivity contribution >= 4 is 5.97 Å². The van der Waals surface area contributed by atoms with Crippen LogP contribution in [0.1, 0.15) is 28.4 Å². The fourth-order valence-electron chi connectivity index (χ4n) is 1.80. The van der Waals surface area contributed by atoms with Crippen LogP contribution in [-0.4, -0.2) is 5.97 Å². The van der Waals surface area contributed by atoms with E-state index in [0.717, 1.165) is 17.5 Å². The summed E-state index contributed by atoms with van der Waals surface area (Å²) in [6.07, 6.45) is 0.782. The summed E-state index contributed by atoms with van der Waals surface area (Å²) < 4.78 is 0. The predicted octanol–water partition coefficient (Wildman–Crippen LogP) is 3.54. The number of rotatable bonds is 5. The van der Waals surface area contributed by atoms with Gasteiger partial charge in [-0.3, -0.25) is 4.89 Å². The van der Waals surface area contributed by atoms with E-state index in [1.165, 1.54) is 0 Å². The zero-order valence-electron chi connectivity index (χ0n) is 10.8. The van der Waals surface area contributed by atoms with Crippen LogP contribution in [0.15, 0.2) is 54.6 Å². The molecule has 0 atom stereocenters. The monoisotopic (exact) mass is 256 g/mol. The molecular formula is C16H16O3. The second-order valence-corrected chi connectivity index (χ2v) is 4.13. The molecule has 3 nitrogen and oxygen atoms in total. The van der Waals surface area contributed by atoms with Gasteiger partial charge < -0.3 is 0 Å². The van der Waals surface area contributed by atoms with Gasteiger partial charge in [-0.15, -0.1) is 0 Å². The predicted molar refractivity (Wildman–Crippen MR) is 72.5 cm³/mol. The van der Waals surface area contributed by atoms with Crippen LogP contribution < -0.4 is 0 Å². The summed E-state index contributed by atoms with van der Waals surface area (Å²) in [5, 5.41) is 0. The van der Waals surface area contributed by atoms with Gasteiger partial charge in [-0.2, -0.15) is 4.89 Å². The molecule has 2 aromatic carbocycles. The molecule has 98 valence electrons. The highest BCUT2D eigenvalue weighted by Crippen LogP contribution is 2.11. The summed E-state index contributed by atoms with van der Waals surface area (Å²) in [5.41, 5.74) is 2.47. The van der Waals surface area contributed by atoms with Crippen molar-refractivity contribution < 1.29 is 14.6 Å². The van der Waals surface area contributed by atoms with Crippen molar-refractivity contribution in [1.82, 2.24) is 0 Å². The molecule has 0 N–H and O–H groups in total. The third-order valence-corrected chi connectivity index (χ3v) is 2.82. The van der Waals surface area contributed by atoms with Crippen LogP contribution >= 0.6 is 0 Å². The Morgan fingerprint density at radius 2 is 1.68 bits per heavy atom. The minimum Gasteiger partial charge on any atom is -0.292 e. The lowest BCUT2D eigenvalue weighted by Crippen LogP contribution is -2.08. The molecule has 0 bridgehead atoms. The Balaban J connectivity index is 1.91. The maximum Gasteiger partial charge on any atom is 0.373 e. The maximum absolute atomic E-state index is 11.9. The van der Waals surface area contributed by atoms with Crippen LogP contribution in [0, 0.1) is 0 Å². The first kappa shape index (κ1) is 13.3. The Labute approximate surface area is 112 Å². The molecule has 0 aliphatic carbocycles. The maximum atomic E-state index is 11.9. The molecule has 2 aromatic rings. The normalized spacial score (nSPS) is 10.2. The van der Waals surface area contributed by atoms with Crippen LogP contribution in [0.25, 0.3) is 0 Å². The Kier molecular flexibility index (Phi) is 4.70. The number of carbonyl (C=O) groups excluding carboxylic acids is 1. The smallest absolute Gasteiger partial charge is 0.292 e. The molecule has 0 unspecified atom stereocenters. The van der Waals surface area contributed by atoms with Crippen molar-refractivity contribution in [3.05, 3.63) is 71.3 Å². The minimum atomic E-state index is -0.451. The lowest BCUT2D eigenvalue weighted by molar-refractivity contribution is -0.250. The van der Waals surface area contributed by atoms with E-state index in [-0.39, 0.29) is 6.61 Å². The van der Waals surface area contributed by atoms with Crippen molar-refractivity contribution in [3.63, 3.8) is 0 Å². The molecule has 0 aliphatic heterocycles. The standard InChI is InChI=1S/C16H16O3/c1-2-14-10-6-7-11-15(14)16(17)19-18-12-13-8-4-3-5-9-13/h3-11H,2,12H2,1H3. The second kappa shape index (κ2) is 6.71. The number of hydrogen-bond acceptors (Lipinski definition) is 3. The first-order valence-corrected chi connectivity index (χ1v) is 6.27. The summed E-state index contributed by atoms with van der Waals surface area (Å²) in [4.78, 5) is 21.7. The Morgan fingerprint density at radius 1 is 1.00 bits per heavy atom. The zero-order valence-corrected chi connectivity index (χ0v) is 10.8. The Morgan fingerprint density at radius 3 is 2.42 bits per heavy atom. The Bertz CT molecular complexity index is 535. The third kappa shape index (κ3) is 3.66. The van der Waals surface area contributed by atoms with Gasteiger partial charge >= 0.3 is 5.97 Å². The van der Waals surface area contributed by atoms with E-state index in [2.05, 4.69) is 0 Å². The number of hydrogen-bond donors (Lipinski definition) is 0. The van der Waals surface area contributed by atoms with Crippen LogP contribution in [0.5, 0.6) is 0 Å². The molecule has 0 heterocycles. The molecule has 19 heavy (non-hydrogen) atoms. The van der Waals surface area contributed by atoms with Crippen LogP contribution in [0.2, 0.25) is 0 Å². The highest BCUT2D eigenvalue weighted by atomic mass is 17.2. The summed E-state index contributed by atoms with van der Waals surface area (Å²) in [5.74, 6) is -0.451. The SMILES string of the molecule is CCc1ccccc1C(=O)OOCc1ccccc1. The van der Waals surface area contributed by atoms with Gasteiger partial charge in [-0.1, -0.05) is 55.5 Å². The molecule has 0 saturated heterocycles. The lowest BCUT2D eigenvalue weighted by Gasteiger charge is -2.07. The average molecular weight is 256 g/mol. The van der Waals surface area contributed by atoms with E-state index in [9.17, 15) is 4.79 Å². The molecule has 0 radical (unpaired) electrons. The summed E-state index contributed by atoms with van der Waals surface area (Å²) in [7, 11) is 0. The van der Waals surface area contributed by atoms with Crippen molar-refractivity contribution in [1.29, 1.82) is 0 Å². The molecule has 0 amide bonds. The minimum absolute atomic E-state index is 0.251. The van der Waals surface area contributed by atoms with Crippen LogP contribution in [-0.2, 0) is 22.8 Å². The molecule has 0 aromatic heterocycles. The number of carbonyl (C=O) groups is 1.